The molecule has 0 bridgehead atoms. The second kappa shape index (κ2) is 5.99. The maximum absolute atomic E-state index is 5.56. The summed E-state index contributed by atoms with van der Waals surface area (Å²) in [6, 6.07) is 0.520. The van der Waals surface area contributed by atoms with E-state index in [1.165, 1.54) is 6.42 Å². The first-order chi connectivity index (χ1) is 7.38. The summed E-state index contributed by atoms with van der Waals surface area (Å²) in [5.41, 5.74) is 0.208. The molecule has 1 aliphatic heterocycles. The van der Waals surface area contributed by atoms with Crippen LogP contribution in [0, 0.1) is 5.92 Å². The van der Waals surface area contributed by atoms with Crippen molar-refractivity contribution in [2.75, 3.05) is 19.7 Å². The summed E-state index contributed by atoms with van der Waals surface area (Å²) < 4.78 is 5.56. The van der Waals surface area contributed by atoms with Gasteiger partial charge in [-0.15, -0.1) is 0 Å². The lowest BCUT2D eigenvalue weighted by Gasteiger charge is -2.25. The van der Waals surface area contributed by atoms with Crippen LogP contribution in [0.4, 0.5) is 0 Å². The van der Waals surface area contributed by atoms with Gasteiger partial charge < -0.3 is 15.4 Å². The number of rotatable bonds is 5. The monoisotopic (exact) mass is 228 g/mol. The predicted molar refractivity (Wildman–Crippen MR) is 68.7 cm³/mol. The van der Waals surface area contributed by atoms with Crippen LogP contribution in [0.3, 0.4) is 0 Å². The highest BCUT2D eigenvalue weighted by Gasteiger charge is 2.24. The summed E-state index contributed by atoms with van der Waals surface area (Å²) in [6.45, 7) is 14.0. The van der Waals surface area contributed by atoms with E-state index in [-0.39, 0.29) is 5.54 Å². The van der Waals surface area contributed by atoms with E-state index >= 15 is 0 Å². The Balaban J connectivity index is 2.12. The SMILES string of the molecule is CC(CNC(C)(C)C)NCC1CCOC1C. The molecule has 0 spiro atoms. The molecule has 0 amide bonds. The minimum atomic E-state index is 0.208. The molecule has 1 saturated heterocycles. The fraction of sp³-hybridized carbons (Fsp3) is 1.00. The molecular weight excluding hydrogens is 200 g/mol. The Morgan fingerprint density at radius 1 is 1.38 bits per heavy atom. The Kier molecular flexibility index (Phi) is 5.22. The van der Waals surface area contributed by atoms with Crippen molar-refractivity contribution in [1.82, 2.24) is 10.6 Å². The lowest BCUT2D eigenvalue weighted by Crippen LogP contribution is -2.45. The van der Waals surface area contributed by atoms with Crippen LogP contribution in [0.15, 0.2) is 0 Å². The minimum absolute atomic E-state index is 0.208. The van der Waals surface area contributed by atoms with E-state index in [9.17, 15) is 0 Å². The molecule has 1 aliphatic rings. The molecule has 0 aromatic heterocycles. The van der Waals surface area contributed by atoms with Crippen LogP contribution in [0.1, 0.15) is 41.0 Å². The van der Waals surface area contributed by atoms with E-state index in [1.807, 2.05) is 0 Å². The zero-order valence-corrected chi connectivity index (χ0v) is 11.5. The number of nitrogens with one attached hydrogen (secondary N) is 2. The molecule has 0 aromatic rings. The molecule has 0 aliphatic carbocycles. The molecule has 0 radical (unpaired) electrons. The lowest BCUT2D eigenvalue weighted by atomic mass is 10.0. The predicted octanol–water partition coefficient (Wildman–Crippen LogP) is 1.78. The summed E-state index contributed by atoms with van der Waals surface area (Å²) in [5.74, 6) is 0.692. The lowest BCUT2D eigenvalue weighted by molar-refractivity contribution is 0.105. The number of ether oxygens (including phenoxy) is 1. The average molecular weight is 228 g/mol. The third-order valence-electron chi connectivity index (χ3n) is 3.20. The second-order valence-corrected chi connectivity index (χ2v) is 6.06. The van der Waals surface area contributed by atoms with Crippen LogP contribution in [0.25, 0.3) is 0 Å². The van der Waals surface area contributed by atoms with Crippen molar-refractivity contribution in [2.45, 2.75) is 58.7 Å². The van der Waals surface area contributed by atoms with Gasteiger partial charge in [0.2, 0.25) is 0 Å². The normalized spacial score (nSPS) is 28.3. The van der Waals surface area contributed by atoms with Gasteiger partial charge in [-0.25, -0.2) is 0 Å². The van der Waals surface area contributed by atoms with Crippen molar-refractivity contribution in [3.63, 3.8) is 0 Å². The number of hydrogen-bond donors (Lipinski definition) is 2. The number of hydrogen-bond acceptors (Lipinski definition) is 3. The fourth-order valence-corrected chi connectivity index (χ4v) is 1.93. The molecule has 96 valence electrons. The summed E-state index contributed by atoms with van der Waals surface area (Å²) in [6.07, 6.45) is 1.63. The maximum atomic E-state index is 5.56. The Morgan fingerprint density at radius 3 is 2.56 bits per heavy atom. The highest BCUT2D eigenvalue weighted by Crippen LogP contribution is 2.19. The van der Waals surface area contributed by atoms with Crippen molar-refractivity contribution >= 4 is 0 Å². The molecule has 0 saturated carbocycles. The highest BCUT2D eigenvalue weighted by atomic mass is 16.5. The van der Waals surface area contributed by atoms with Gasteiger partial charge in [0, 0.05) is 31.3 Å². The zero-order chi connectivity index (χ0) is 12.2. The highest BCUT2D eigenvalue weighted by molar-refractivity contribution is 4.78. The van der Waals surface area contributed by atoms with Gasteiger partial charge in [-0.1, -0.05) is 0 Å². The van der Waals surface area contributed by atoms with Crippen molar-refractivity contribution in [3.05, 3.63) is 0 Å². The van der Waals surface area contributed by atoms with Gasteiger partial charge in [-0.2, -0.15) is 0 Å². The van der Waals surface area contributed by atoms with E-state index in [1.54, 1.807) is 0 Å². The van der Waals surface area contributed by atoms with Crippen molar-refractivity contribution in [3.8, 4) is 0 Å². The Labute approximate surface area is 100 Å². The van der Waals surface area contributed by atoms with Gasteiger partial charge in [0.1, 0.15) is 0 Å². The van der Waals surface area contributed by atoms with E-state index < -0.39 is 0 Å². The molecular formula is C13H28N2O. The van der Waals surface area contributed by atoms with Crippen LogP contribution in [-0.4, -0.2) is 37.4 Å². The largest absolute Gasteiger partial charge is 0.378 e. The molecule has 1 heterocycles. The van der Waals surface area contributed by atoms with Gasteiger partial charge in [-0.3, -0.25) is 0 Å². The van der Waals surface area contributed by atoms with E-state index in [0.717, 1.165) is 19.7 Å². The van der Waals surface area contributed by atoms with Crippen LogP contribution in [0.5, 0.6) is 0 Å². The Hall–Kier alpha value is -0.120. The fourth-order valence-electron chi connectivity index (χ4n) is 1.93. The van der Waals surface area contributed by atoms with E-state index in [4.69, 9.17) is 4.74 Å². The van der Waals surface area contributed by atoms with Crippen LogP contribution < -0.4 is 10.6 Å². The minimum Gasteiger partial charge on any atom is -0.378 e. The van der Waals surface area contributed by atoms with Gasteiger partial charge in [0.05, 0.1) is 6.10 Å². The molecule has 0 aromatic carbocycles. The van der Waals surface area contributed by atoms with Crippen LogP contribution in [-0.2, 0) is 4.74 Å². The van der Waals surface area contributed by atoms with Crippen molar-refractivity contribution in [1.29, 1.82) is 0 Å². The molecule has 3 heteroatoms. The molecule has 1 fully saturated rings. The van der Waals surface area contributed by atoms with Gasteiger partial charge in [0.25, 0.3) is 0 Å². The molecule has 3 unspecified atom stereocenters. The van der Waals surface area contributed by atoms with E-state index in [0.29, 0.717) is 18.1 Å². The maximum Gasteiger partial charge on any atom is 0.0588 e. The summed E-state index contributed by atoms with van der Waals surface area (Å²) in [7, 11) is 0. The molecule has 16 heavy (non-hydrogen) atoms. The smallest absolute Gasteiger partial charge is 0.0588 e. The quantitative estimate of drug-likeness (QED) is 0.752. The van der Waals surface area contributed by atoms with Crippen molar-refractivity contribution < 1.29 is 4.74 Å². The molecule has 1 rings (SSSR count). The third-order valence-corrected chi connectivity index (χ3v) is 3.20. The van der Waals surface area contributed by atoms with E-state index in [2.05, 4.69) is 45.3 Å². The molecule has 2 N–H and O–H groups in total. The van der Waals surface area contributed by atoms with Gasteiger partial charge in [-0.05, 0) is 47.0 Å². The van der Waals surface area contributed by atoms with Gasteiger partial charge in [0.15, 0.2) is 0 Å². The second-order valence-electron chi connectivity index (χ2n) is 6.06. The molecule has 3 nitrogen and oxygen atoms in total. The van der Waals surface area contributed by atoms with Crippen molar-refractivity contribution in [2.24, 2.45) is 5.92 Å². The zero-order valence-electron chi connectivity index (χ0n) is 11.5. The van der Waals surface area contributed by atoms with Crippen LogP contribution in [0.2, 0.25) is 0 Å². The Bertz CT molecular complexity index is 201. The summed E-state index contributed by atoms with van der Waals surface area (Å²) in [5, 5.41) is 7.10. The summed E-state index contributed by atoms with van der Waals surface area (Å²) in [4.78, 5) is 0. The summed E-state index contributed by atoms with van der Waals surface area (Å²) >= 11 is 0. The van der Waals surface area contributed by atoms with Gasteiger partial charge >= 0.3 is 0 Å². The first-order valence-electron chi connectivity index (χ1n) is 6.48. The average Bonchev–Trinajstić information content (AvgIpc) is 2.57. The molecule has 3 atom stereocenters. The first kappa shape index (κ1) is 13.9. The van der Waals surface area contributed by atoms with Crippen LogP contribution >= 0.6 is 0 Å². The first-order valence-corrected chi connectivity index (χ1v) is 6.48. The third kappa shape index (κ3) is 5.28. The Morgan fingerprint density at radius 2 is 2.06 bits per heavy atom. The standard InChI is InChI=1S/C13H28N2O/c1-10(8-15-13(3,4)5)14-9-12-6-7-16-11(12)2/h10-12,14-15H,6-9H2,1-5H3. The topological polar surface area (TPSA) is 33.3 Å².